The van der Waals surface area contributed by atoms with Crippen LogP contribution in [0, 0.1) is 0 Å². The Labute approximate surface area is 112 Å². The molecule has 1 heterocycles. The third-order valence-electron chi connectivity index (χ3n) is 2.58. The van der Waals surface area contributed by atoms with Gasteiger partial charge in [0, 0.05) is 13.7 Å². The van der Waals surface area contributed by atoms with Crippen LogP contribution in [-0.4, -0.2) is 49.5 Å². The van der Waals surface area contributed by atoms with E-state index in [2.05, 4.69) is 26.1 Å². The summed E-state index contributed by atoms with van der Waals surface area (Å²) in [5, 5.41) is 16.3. The highest BCUT2D eigenvalue weighted by molar-refractivity contribution is 5.83. The number of aromatic nitrogens is 2. The van der Waals surface area contributed by atoms with Crippen LogP contribution in [0.1, 0.15) is 25.8 Å². The normalized spacial score (nSPS) is 13.9. The molecule has 3 N–H and O–H groups in total. The van der Waals surface area contributed by atoms with Crippen molar-refractivity contribution in [1.29, 1.82) is 0 Å². The zero-order valence-corrected chi connectivity index (χ0v) is 11.7. The molecule has 108 valence electrons. The molecular formula is C11H21N5O3. The van der Waals surface area contributed by atoms with E-state index in [-0.39, 0.29) is 18.0 Å². The SMILES string of the molecule is CNC(C)c1nnc(NC(C)C(=O)NCCOC)o1. The average Bonchev–Trinajstić information content (AvgIpc) is 2.86. The lowest BCUT2D eigenvalue weighted by Gasteiger charge is -2.12. The maximum Gasteiger partial charge on any atom is 0.316 e. The van der Waals surface area contributed by atoms with Crippen molar-refractivity contribution in [3.8, 4) is 0 Å². The Balaban J connectivity index is 2.45. The fourth-order valence-corrected chi connectivity index (χ4v) is 1.27. The lowest BCUT2D eigenvalue weighted by Crippen LogP contribution is -2.39. The van der Waals surface area contributed by atoms with Crippen LogP contribution in [0.3, 0.4) is 0 Å². The number of carbonyl (C=O) groups excluding carboxylic acids is 1. The van der Waals surface area contributed by atoms with Crippen molar-refractivity contribution in [1.82, 2.24) is 20.8 Å². The number of nitrogens with zero attached hydrogens (tertiary/aromatic N) is 2. The van der Waals surface area contributed by atoms with Crippen LogP contribution >= 0.6 is 0 Å². The van der Waals surface area contributed by atoms with Gasteiger partial charge in [-0.3, -0.25) is 4.79 Å². The minimum atomic E-state index is -0.463. The number of hydrogen-bond acceptors (Lipinski definition) is 7. The highest BCUT2D eigenvalue weighted by atomic mass is 16.5. The van der Waals surface area contributed by atoms with E-state index in [0.29, 0.717) is 19.0 Å². The Morgan fingerprint density at radius 1 is 1.42 bits per heavy atom. The highest BCUT2D eigenvalue weighted by Crippen LogP contribution is 2.13. The molecule has 0 spiro atoms. The fourth-order valence-electron chi connectivity index (χ4n) is 1.27. The van der Waals surface area contributed by atoms with Crippen LogP contribution in [0.4, 0.5) is 6.01 Å². The number of anilines is 1. The van der Waals surface area contributed by atoms with Gasteiger partial charge in [0.05, 0.1) is 12.6 Å². The third-order valence-corrected chi connectivity index (χ3v) is 2.58. The van der Waals surface area contributed by atoms with Crippen molar-refractivity contribution in [2.75, 3.05) is 32.6 Å². The fraction of sp³-hybridized carbons (Fsp3) is 0.727. The summed E-state index contributed by atoms with van der Waals surface area (Å²) in [6.07, 6.45) is 0. The minimum Gasteiger partial charge on any atom is -0.406 e. The number of methoxy groups -OCH3 is 1. The van der Waals surface area contributed by atoms with Crippen LogP contribution < -0.4 is 16.0 Å². The van der Waals surface area contributed by atoms with Crippen LogP contribution in [0.25, 0.3) is 0 Å². The molecule has 0 aromatic carbocycles. The standard InChI is InChI=1S/C11H21N5O3/c1-7(9(17)13-5-6-18-4)14-11-16-15-10(19-11)8(2)12-3/h7-8,12H,5-6H2,1-4H3,(H,13,17)(H,14,16). The van der Waals surface area contributed by atoms with Gasteiger partial charge in [0.1, 0.15) is 6.04 Å². The van der Waals surface area contributed by atoms with E-state index < -0.39 is 6.04 Å². The first-order chi connectivity index (χ1) is 9.08. The van der Waals surface area contributed by atoms with Gasteiger partial charge in [0.15, 0.2) is 0 Å². The molecule has 0 saturated heterocycles. The summed E-state index contributed by atoms with van der Waals surface area (Å²) < 4.78 is 10.2. The first kappa shape index (κ1) is 15.4. The Bertz CT molecular complexity index is 395. The van der Waals surface area contributed by atoms with Gasteiger partial charge in [0.2, 0.25) is 11.8 Å². The molecule has 8 heteroatoms. The second-order valence-electron chi connectivity index (χ2n) is 4.11. The Morgan fingerprint density at radius 2 is 2.16 bits per heavy atom. The van der Waals surface area contributed by atoms with Gasteiger partial charge in [-0.05, 0) is 20.9 Å². The molecule has 0 aliphatic heterocycles. The first-order valence-electron chi connectivity index (χ1n) is 6.12. The molecule has 0 aliphatic carbocycles. The molecule has 0 bridgehead atoms. The summed E-state index contributed by atoms with van der Waals surface area (Å²) in [5.74, 6) is 0.315. The zero-order chi connectivity index (χ0) is 14.3. The van der Waals surface area contributed by atoms with Crippen molar-refractivity contribution in [3.05, 3.63) is 5.89 Å². The molecular weight excluding hydrogens is 250 g/mol. The monoisotopic (exact) mass is 271 g/mol. The predicted molar refractivity (Wildman–Crippen MR) is 69.7 cm³/mol. The van der Waals surface area contributed by atoms with Crippen molar-refractivity contribution in [3.63, 3.8) is 0 Å². The molecule has 0 radical (unpaired) electrons. The number of amides is 1. The van der Waals surface area contributed by atoms with Gasteiger partial charge in [-0.15, -0.1) is 5.10 Å². The second kappa shape index (κ2) is 7.70. The third kappa shape index (κ3) is 4.84. The van der Waals surface area contributed by atoms with Gasteiger partial charge in [0.25, 0.3) is 0 Å². The van der Waals surface area contributed by atoms with Crippen molar-refractivity contribution in [2.45, 2.75) is 25.9 Å². The summed E-state index contributed by atoms with van der Waals surface area (Å²) in [7, 11) is 3.38. The number of ether oxygens (including phenoxy) is 1. The molecule has 1 rings (SSSR count). The van der Waals surface area contributed by atoms with Crippen molar-refractivity contribution >= 4 is 11.9 Å². The molecule has 8 nitrogen and oxygen atoms in total. The number of carbonyl (C=O) groups is 1. The van der Waals surface area contributed by atoms with E-state index in [1.165, 1.54) is 0 Å². The number of nitrogens with one attached hydrogen (secondary N) is 3. The molecule has 0 aliphatic rings. The topological polar surface area (TPSA) is 101 Å². The molecule has 0 saturated carbocycles. The van der Waals surface area contributed by atoms with Gasteiger partial charge in [-0.25, -0.2) is 0 Å². The van der Waals surface area contributed by atoms with E-state index in [4.69, 9.17) is 9.15 Å². The lowest BCUT2D eigenvalue weighted by molar-refractivity contribution is -0.121. The second-order valence-corrected chi connectivity index (χ2v) is 4.11. The first-order valence-corrected chi connectivity index (χ1v) is 6.12. The highest BCUT2D eigenvalue weighted by Gasteiger charge is 2.17. The summed E-state index contributed by atoms with van der Waals surface area (Å²) in [6, 6.07) is -0.268. The zero-order valence-electron chi connectivity index (χ0n) is 11.7. The molecule has 0 fully saturated rings. The van der Waals surface area contributed by atoms with E-state index in [1.807, 2.05) is 6.92 Å². The molecule has 2 unspecified atom stereocenters. The Kier molecular flexibility index (Phi) is 6.23. The summed E-state index contributed by atoms with van der Waals surface area (Å²) in [4.78, 5) is 11.7. The van der Waals surface area contributed by atoms with E-state index in [9.17, 15) is 4.79 Å². The van der Waals surface area contributed by atoms with E-state index in [1.54, 1.807) is 21.1 Å². The minimum absolute atomic E-state index is 0.0334. The lowest BCUT2D eigenvalue weighted by atomic mass is 10.3. The molecule has 1 amide bonds. The maximum atomic E-state index is 11.7. The molecule has 19 heavy (non-hydrogen) atoms. The van der Waals surface area contributed by atoms with Crippen molar-refractivity contribution in [2.24, 2.45) is 0 Å². The van der Waals surface area contributed by atoms with Gasteiger partial charge < -0.3 is 25.1 Å². The van der Waals surface area contributed by atoms with Crippen LogP contribution in [0.2, 0.25) is 0 Å². The predicted octanol–water partition coefficient (Wildman–Crippen LogP) is -0.0870. The maximum absolute atomic E-state index is 11.7. The van der Waals surface area contributed by atoms with E-state index in [0.717, 1.165) is 0 Å². The van der Waals surface area contributed by atoms with Crippen LogP contribution in [0.5, 0.6) is 0 Å². The van der Waals surface area contributed by atoms with Crippen molar-refractivity contribution < 1.29 is 13.9 Å². The molecule has 1 aromatic rings. The largest absolute Gasteiger partial charge is 0.406 e. The summed E-state index contributed by atoms with van der Waals surface area (Å²) in [5.41, 5.74) is 0. The van der Waals surface area contributed by atoms with Crippen LogP contribution in [-0.2, 0) is 9.53 Å². The van der Waals surface area contributed by atoms with Gasteiger partial charge in [-0.1, -0.05) is 5.10 Å². The van der Waals surface area contributed by atoms with Gasteiger partial charge in [-0.2, -0.15) is 0 Å². The molecule has 1 aromatic heterocycles. The summed E-state index contributed by atoms with van der Waals surface area (Å²) >= 11 is 0. The van der Waals surface area contributed by atoms with Crippen LogP contribution in [0.15, 0.2) is 4.42 Å². The smallest absolute Gasteiger partial charge is 0.316 e. The summed E-state index contributed by atoms with van der Waals surface area (Å²) in [6.45, 7) is 4.56. The van der Waals surface area contributed by atoms with E-state index >= 15 is 0 Å². The average molecular weight is 271 g/mol. The Morgan fingerprint density at radius 3 is 2.79 bits per heavy atom. The number of rotatable bonds is 8. The molecule has 2 atom stereocenters. The number of hydrogen-bond donors (Lipinski definition) is 3. The Hall–Kier alpha value is -1.67. The van der Waals surface area contributed by atoms with Gasteiger partial charge >= 0.3 is 6.01 Å². The quantitative estimate of drug-likeness (QED) is 0.568.